The lowest BCUT2D eigenvalue weighted by atomic mass is 10.1. The number of hydrogen-bond acceptors (Lipinski definition) is 4. The summed E-state index contributed by atoms with van der Waals surface area (Å²) in [6, 6.07) is 0.292. The molecule has 1 atom stereocenters. The van der Waals surface area contributed by atoms with Gasteiger partial charge in [0.25, 0.3) is 0 Å². The SMILES string of the molecule is Cl.O=C(CC1CCCN1)NCCN1CCCS1(=O)=O. The molecule has 2 fully saturated rings. The van der Waals surface area contributed by atoms with Crippen LogP contribution in [0.2, 0.25) is 0 Å². The Labute approximate surface area is 120 Å². The third-order valence-electron chi connectivity index (χ3n) is 3.48. The molecule has 2 aliphatic rings. The van der Waals surface area contributed by atoms with Crippen LogP contribution in [-0.2, 0) is 14.8 Å². The predicted molar refractivity (Wildman–Crippen MR) is 75.9 cm³/mol. The maximum atomic E-state index is 11.6. The highest BCUT2D eigenvalue weighted by Gasteiger charge is 2.27. The van der Waals surface area contributed by atoms with Crippen LogP contribution in [0, 0.1) is 0 Å². The van der Waals surface area contributed by atoms with Gasteiger partial charge in [0.2, 0.25) is 15.9 Å². The Morgan fingerprint density at radius 1 is 1.37 bits per heavy atom. The Morgan fingerprint density at radius 3 is 2.74 bits per heavy atom. The van der Waals surface area contributed by atoms with E-state index in [-0.39, 0.29) is 24.1 Å². The first-order valence-electron chi connectivity index (χ1n) is 6.56. The number of halogens is 1. The van der Waals surface area contributed by atoms with Crippen molar-refractivity contribution in [1.82, 2.24) is 14.9 Å². The first kappa shape index (κ1) is 16.7. The number of carbonyl (C=O) groups is 1. The second kappa shape index (κ2) is 7.42. The van der Waals surface area contributed by atoms with Gasteiger partial charge in [0.05, 0.1) is 5.75 Å². The van der Waals surface area contributed by atoms with E-state index in [1.54, 1.807) is 0 Å². The van der Waals surface area contributed by atoms with Crippen LogP contribution in [0.1, 0.15) is 25.7 Å². The molecule has 1 unspecified atom stereocenters. The number of nitrogens with one attached hydrogen (secondary N) is 2. The van der Waals surface area contributed by atoms with E-state index in [9.17, 15) is 13.2 Å². The molecule has 1 amide bonds. The van der Waals surface area contributed by atoms with Crippen LogP contribution in [0.25, 0.3) is 0 Å². The monoisotopic (exact) mass is 311 g/mol. The Morgan fingerprint density at radius 2 is 2.16 bits per heavy atom. The van der Waals surface area contributed by atoms with E-state index in [0.717, 1.165) is 19.4 Å². The zero-order valence-corrected chi connectivity index (χ0v) is 12.6. The van der Waals surface area contributed by atoms with Crippen molar-refractivity contribution in [1.29, 1.82) is 0 Å². The molecule has 0 aromatic heterocycles. The Hall–Kier alpha value is -0.370. The topological polar surface area (TPSA) is 78.5 Å². The average molecular weight is 312 g/mol. The van der Waals surface area contributed by atoms with Gasteiger partial charge in [-0.05, 0) is 25.8 Å². The van der Waals surface area contributed by atoms with Crippen molar-refractivity contribution in [2.45, 2.75) is 31.7 Å². The summed E-state index contributed by atoms with van der Waals surface area (Å²) in [5, 5.41) is 6.05. The fraction of sp³-hybridized carbons (Fsp3) is 0.909. The molecule has 0 aromatic rings. The molecule has 0 radical (unpaired) electrons. The third kappa shape index (κ3) is 4.91. The molecule has 6 nitrogen and oxygen atoms in total. The lowest BCUT2D eigenvalue weighted by Crippen LogP contribution is -2.38. The van der Waals surface area contributed by atoms with Crippen molar-refractivity contribution in [3.05, 3.63) is 0 Å². The molecule has 0 aromatic carbocycles. The van der Waals surface area contributed by atoms with Crippen LogP contribution in [0.4, 0.5) is 0 Å². The van der Waals surface area contributed by atoms with E-state index in [1.807, 2.05) is 0 Å². The summed E-state index contributed by atoms with van der Waals surface area (Å²) in [5.74, 6) is 0.249. The van der Waals surface area contributed by atoms with Gasteiger partial charge in [-0.3, -0.25) is 4.79 Å². The summed E-state index contributed by atoms with van der Waals surface area (Å²) < 4.78 is 24.5. The smallest absolute Gasteiger partial charge is 0.221 e. The zero-order chi connectivity index (χ0) is 13.0. The number of sulfonamides is 1. The van der Waals surface area contributed by atoms with E-state index < -0.39 is 10.0 Å². The van der Waals surface area contributed by atoms with Crippen LogP contribution < -0.4 is 10.6 Å². The van der Waals surface area contributed by atoms with Crippen LogP contribution in [0.15, 0.2) is 0 Å². The van der Waals surface area contributed by atoms with Crippen LogP contribution in [0.3, 0.4) is 0 Å². The molecule has 0 spiro atoms. The molecule has 0 saturated carbocycles. The number of amides is 1. The van der Waals surface area contributed by atoms with Crippen LogP contribution in [-0.4, -0.2) is 56.6 Å². The number of nitrogens with zero attached hydrogens (tertiary/aromatic N) is 1. The summed E-state index contributed by atoms with van der Waals surface area (Å²) in [6.45, 7) is 2.38. The summed E-state index contributed by atoms with van der Waals surface area (Å²) >= 11 is 0. The summed E-state index contributed by atoms with van der Waals surface area (Å²) in [4.78, 5) is 11.6. The van der Waals surface area contributed by atoms with Crippen molar-refractivity contribution in [3.8, 4) is 0 Å². The minimum Gasteiger partial charge on any atom is -0.355 e. The largest absolute Gasteiger partial charge is 0.355 e. The average Bonchev–Trinajstić information content (AvgIpc) is 2.89. The molecular weight excluding hydrogens is 290 g/mol. The van der Waals surface area contributed by atoms with Crippen molar-refractivity contribution >= 4 is 28.3 Å². The van der Waals surface area contributed by atoms with E-state index in [0.29, 0.717) is 38.5 Å². The van der Waals surface area contributed by atoms with Crippen molar-refractivity contribution in [2.24, 2.45) is 0 Å². The second-order valence-electron chi connectivity index (χ2n) is 4.92. The first-order chi connectivity index (χ1) is 8.58. The van der Waals surface area contributed by atoms with Gasteiger partial charge in [-0.15, -0.1) is 12.4 Å². The lowest BCUT2D eigenvalue weighted by Gasteiger charge is -2.15. The standard InChI is InChI=1S/C11H21N3O3S.ClH/c15-11(9-10-3-1-4-12-10)13-5-7-14-6-2-8-18(14,16)17;/h10,12H,1-9H2,(H,13,15);1H. The molecule has 2 rings (SSSR count). The molecule has 0 bridgehead atoms. The summed E-state index contributed by atoms with van der Waals surface area (Å²) in [6.07, 6.45) is 3.37. The Balaban J connectivity index is 0.00000180. The Kier molecular flexibility index (Phi) is 6.52. The van der Waals surface area contributed by atoms with Gasteiger partial charge in [0, 0.05) is 32.1 Å². The summed E-state index contributed by atoms with van der Waals surface area (Å²) in [5.41, 5.74) is 0. The Bertz CT molecular complexity index is 396. The van der Waals surface area contributed by atoms with Crippen LogP contribution in [0.5, 0.6) is 0 Å². The third-order valence-corrected chi connectivity index (χ3v) is 5.44. The molecular formula is C11H22ClN3O3S. The van der Waals surface area contributed by atoms with Gasteiger partial charge in [-0.25, -0.2) is 12.7 Å². The minimum absolute atomic E-state index is 0. The first-order valence-corrected chi connectivity index (χ1v) is 8.17. The molecule has 2 N–H and O–H groups in total. The lowest BCUT2D eigenvalue weighted by molar-refractivity contribution is -0.121. The van der Waals surface area contributed by atoms with Gasteiger partial charge >= 0.3 is 0 Å². The quantitative estimate of drug-likeness (QED) is 0.731. The normalized spacial score (nSPS) is 26.0. The van der Waals surface area contributed by atoms with Gasteiger partial charge in [-0.1, -0.05) is 0 Å². The van der Waals surface area contributed by atoms with E-state index in [2.05, 4.69) is 10.6 Å². The highest BCUT2D eigenvalue weighted by molar-refractivity contribution is 7.89. The highest BCUT2D eigenvalue weighted by Crippen LogP contribution is 2.12. The van der Waals surface area contributed by atoms with Gasteiger partial charge in [0.1, 0.15) is 0 Å². The van der Waals surface area contributed by atoms with E-state index >= 15 is 0 Å². The van der Waals surface area contributed by atoms with Gasteiger partial charge < -0.3 is 10.6 Å². The molecule has 2 heterocycles. The van der Waals surface area contributed by atoms with Crippen molar-refractivity contribution in [3.63, 3.8) is 0 Å². The molecule has 8 heteroatoms. The fourth-order valence-corrected chi connectivity index (χ4v) is 4.02. The molecule has 0 aliphatic carbocycles. The molecule has 2 saturated heterocycles. The predicted octanol–water partition coefficient (Wildman–Crippen LogP) is -0.298. The minimum atomic E-state index is -3.04. The van der Waals surface area contributed by atoms with E-state index in [1.165, 1.54) is 4.31 Å². The van der Waals surface area contributed by atoms with E-state index in [4.69, 9.17) is 0 Å². The maximum absolute atomic E-state index is 11.6. The maximum Gasteiger partial charge on any atom is 0.221 e. The second-order valence-corrected chi connectivity index (χ2v) is 7.00. The van der Waals surface area contributed by atoms with Gasteiger partial charge in [0.15, 0.2) is 0 Å². The molecule has 2 aliphatic heterocycles. The van der Waals surface area contributed by atoms with Gasteiger partial charge in [-0.2, -0.15) is 0 Å². The van der Waals surface area contributed by atoms with Crippen LogP contribution >= 0.6 is 12.4 Å². The zero-order valence-electron chi connectivity index (χ0n) is 10.9. The molecule has 112 valence electrons. The van der Waals surface area contributed by atoms with Crippen molar-refractivity contribution in [2.75, 3.05) is 31.9 Å². The fourth-order valence-electron chi connectivity index (χ4n) is 2.49. The van der Waals surface area contributed by atoms with Crippen molar-refractivity contribution < 1.29 is 13.2 Å². The number of rotatable bonds is 5. The summed E-state index contributed by atoms with van der Waals surface area (Å²) in [7, 11) is -3.04. The number of hydrogen-bond donors (Lipinski definition) is 2. The molecule has 19 heavy (non-hydrogen) atoms. The highest BCUT2D eigenvalue weighted by atomic mass is 35.5. The number of carbonyl (C=O) groups excluding carboxylic acids is 1.